The highest BCUT2D eigenvalue weighted by Gasteiger charge is 2.34. The number of hydrogen-bond acceptors (Lipinski definition) is 2. The van der Waals surface area contributed by atoms with Gasteiger partial charge in [0.05, 0.1) is 11.7 Å². The van der Waals surface area contributed by atoms with Crippen LogP contribution in [0.3, 0.4) is 0 Å². The Morgan fingerprint density at radius 1 is 1.25 bits per heavy atom. The Kier molecular flexibility index (Phi) is 2.90. The van der Waals surface area contributed by atoms with Crippen molar-refractivity contribution in [1.29, 1.82) is 0 Å². The van der Waals surface area contributed by atoms with E-state index >= 15 is 0 Å². The Bertz CT molecular complexity index is 372. The van der Waals surface area contributed by atoms with Gasteiger partial charge in [-0.15, -0.1) is 0 Å². The van der Waals surface area contributed by atoms with E-state index < -0.39 is 17.8 Å². The van der Waals surface area contributed by atoms with E-state index in [2.05, 4.69) is 0 Å². The summed E-state index contributed by atoms with van der Waals surface area (Å²) in [6.07, 6.45) is -4.70. The fourth-order valence-corrected chi connectivity index (χ4v) is 1.85. The van der Waals surface area contributed by atoms with Gasteiger partial charge in [-0.3, -0.25) is 4.90 Å². The van der Waals surface area contributed by atoms with E-state index in [4.69, 9.17) is 5.11 Å². The smallest absolute Gasteiger partial charge is 0.390 e. The molecule has 1 aliphatic rings. The van der Waals surface area contributed by atoms with Crippen molar-refractivity contribution < 1.29 is 18.3 Å². The maximum Gasteiger partial charge on any atom is 0.416 e. The lowest BCUT2D eigenvalue weighted by Crippen LogP contribution is -2.50. The second-order valence-electron chi connectivity index (χ2n) is 4.00. The first kappa shape index (κ1) is 11.4. The van der Waals surface area contributed by atoms with Crippen LogP contribution < -0.4 is 0 Å². The molecule has 0 aromatic heterocycles. The van der Waals surface area contributed by atoms with Gasteiger partial charge >= 0.3 is 6.18 Å². The molecule has 0 radical (unpaired) electrons. The van der Waals surface area contributed by atoms with Crippen molar-refractivity contribution in [3.8, 4) is 0 Å². The van der Waals surface area contributed by atoms with Gasteiger partial charge in [0.15, 0.2) is 0 Å². The van der Waals surface area contributed by atoms with E-state index in [-0.39, 0.29) is 12.1 Å². The number of aliphatic hydroxyl groups is 1. The Hall–Kier alpha value is -1.07. The van der Waals surface area contributed by atoms with E-state index in [9.17, 15) is 13.2 Å². The minimum absolute atomic E-state index is 0.243. The van der Waals surface area contributed by atoms with Gasteiger partial charge in [-0.2, -0.15) is 13.2 Å². The summed E-state index contributed by atoms with van der Waals surface area (Å²) < 4.78 is 37.9. The number of aliphatic hydroxyl groups excluding tert-OH is 1. The second-order valence-corrected chi connectivity index (χ2v) is 4.00. The van der Waals surface area contributed by atoms with Crippen LogP contribution in [-0.4, -0.2) is 29.2 Å². The molecule has 2 rings (SSSR count). The average molecular weight is 231 g/mol. The molecule has 5 heteroatoms. The summed E-state index contributed by atoms with van der Waals surface area (Å²) in [7, 11) is 0. The lowest BCUT2D eigenvalue weighted by molar-refractivity contribution is -0.138. The van der Waals surface area contributed by atoms with E-state index in [0.29, 0.717) is 13.1 Å². The van der Waals surface area contributed by atoms with Crippen LogP contribution in [0.1, 0.15) is 11.1 Å². The minimum atomic E-state index is -4.31. The number of benzene rings is 1. The molecule has 0 spiro atoms. The molecule has 0 bridgehead atoms. The first-order valence-electron chi connectivity index (χ1n) is 5.02. The molecule has 0 saturated carbocycles. The minimum Gasteiger partial charge on any atom is -0.390 e. The quantitative estimate of drug-likeness (QED) is 0.840. The number of alkyl halides is 3. The van der Waals surface area contributed by atoms with Gasteiger partial charge in [-0.05, 0) is 11.6 Å². The Morgan fingerprint density at radius 2 is 1.88 bits per heavy atom. The molecule has 88 valence electrons. The Labute approximate surface area is 91.3 Å². The fourth-order valence-electron chi connectivity index (χ4n) is 1.85. The van der Waals surface area contributed by atoms with Gasteiger partial charge in [0.1, 0.15) is 0 Å². The molecule has 1 fully saturated rings. The molecule has 16 heavy (non-hydrogen) atoms. The number of hydrogen-bond donors (Lipinski definition) is 1. The first-order valence-corrected chi connectivity index (χ1v) is 5.02. The topological polar surface area (TPSA) is 23.5 Å². The third kappa shape index (κ3) is 2.36. The Morgan fingerprint density at radius 3 is 2.44 bits per heavy atom. The van der Waals surface area contributed by atoms with Crippen LogP contribution >= 0.6 is 0 Å². The van der Waals surface area contributed by atoms with E-state index in [1.807, 2.05) is 0 Å². The van der Waals surface area contributed by atoms with Crippen molar-refractivity contribution in [2.45, 2.75) is 18.8 Å². The molecule has 1 aliphatic heterocycles. The predicted molar refractivity (Wildman–Crippen MR) is 52.7 cm³/mol. The van der Waals surface area contributed by atoms with Gasteiger partial charge in [-0.1, -0.05) is 18.2 Å². The normalized spacial score (nSPS) is 18.5. The van der Waals surface area contributed by atoms with Crippen molar-refractivity contribution >= 4 is 0 Å². The largest absolute Gasteiger partial charge is 0.416 e. The number of rotatable bonds is 2. The summed E-state index contributed by atoms with van der Waals surface area (Å²) >= 11 is 0. The maximum atomic E-state index is 12.6. The van der Waals surface area contributed by atoms with Crippen LogP contribution in [-0.2, 0) is 12.7 Å². The average Bonchev–Trinajstić information content (AvgIpc) is 2.14. The molecular formula is C11H12F3NO. The number of β-amino-alcohol motifs (C(OH)–C–C–N with tert-alkyl or cyclic N) is 1. The predicted octanol–water partition coefficient (Wildman–Crippen LogP) is 1.88. The molecule has 0 atom stereocenters. The Balaban J connectivity index is 2.14. The fraction of sp³-hybridized carbons (Fsp3) is 0.455. The van der Waals surface area contributed by atoms with Crippen molar-refractivity contribution in [2.75, 3.05) is 13.1 Å². The molecular weight excluding hydrogens is 219 g/mol. The number of halogens is 3. The van der Waals surface area contributed by atoms with Crippen LogP contribution in [0.2, 0.25) is 0 Å². The number of nitrogens with zero attached hydrogens (tertiary/aromatic N) is 1. The first-order chi connectivity index (χ1) is 7.47. The van der Waals surface area contributed by atoms with E-state index in [0.717, 1.165) is 6.07 Å². The standard InChI is InChI=1S/C11H12F3NO/c12-11(13,14)10-4-2-1-3-8(10)5-15-6-9(16)7-15/h1-4,9,16H,5-7H2. The van der Waals surface area contributed by atoms with Crippen LogP contribution in [0.4, 0.5) is 13.2 Å². The van der Waals surface area contributed by atoms with Crippen LogP contribution in [0.5, 0.6) is 0 Å². The molecule has 1 saturated heterocycles. The lowest BCUT2D eigenvalue weighted by atomic mass is 10.0. The summed E-state index contributed by atoms with van der Waals surface area (Å²) in [6, 6.07) is 5.55. The molecule has 1 heterocycles. The molecule has 1 aromatic rings. The molecule has 0 aliphatic carbocycles. The third-order valence-electron chi connectivity index (χ3n) is 2.65. The van der Waals surface area contributed by atoms with Crippen LogP contribution in [0.15, 0.2) is 24.3 Å². The molecule has 1 N–H and O–H groups in total. The SMILES string of the molecule is OC1CN(Cc2ccccc2C(F)(F)F)C1. The number of likely N-dealkylation sites (tertiary alicyclic amines) is 1. The van der Waals surface area contributed by atoms with E-state index in [1.165, 1.54) is 12.1 Å². The summed E-state index contributed by atoms with van der Waals surface area (Å²) in [4.78, 5) is 1.79. The van der Waals surface area contributed by atoms with Gasteiger partial charge in [-0.25, -0.2) is 0 Å². The lowest BCUT2D eigenvalue weighted by Gasteiger charge is -2.36. The second kappa shape index (κ2) is 4.07. The zero-order valence-corrected chi connectivity index (χ0v) is 8.54. The van der Waals surface area contributed by atoms with Gasteiger partial charge in [0, 0.05) is 19.6 Å². The zero-order valence-electron chi connectivity index (χ0n) is 8.54. The summed E-state index contributed by atoms with van der Waals surface area (Å²) in [6.45, 7) is 1.14. The summed E-state index contributed by atoms with van der Waals surface area (Å²) in [5, 5.41) is 9.06. The molecule has 1 aromatic carbocycles. The van der Waals surface area contributed by atoms with Gasteiger partial charge < -0.3 is 5.11 Å². The third-order valence-corrected chi connectivity index (χ3v) is 2.65. The highest BCUT2D eigenvalue weighted by molar-refractivity contribution is 5.29. The summed E-state index contributed by atoms with van der Waals surface area (Å²) in [5.41, 5.74) is -0.321. The molecule has 2 nitrogen and oxygen atoms in total. The maximum absolute atomic E-state index is 12.6. The van der Waals surface area contributed by atoms with Crippen LogP contribution in [0.25, 0.3) is 0 Å². The highest BCUT2D eigenvalue weighted by atomic mass is 19.4. The highest BCUT2D eigenvalue weighted by Crippen LogP contribution is 2.32. The van der Waals surface area contributed by atoms with Crippen molar-refractivity contribution in [1.82, 2.24) is 4.90 Å². The van der Waals surface area contributed by atoms with Crippen molar-refractivity contribution in [3.05, 3.63) is 35.4 Å². The zero-order chi connectivity index (χ0) is 11.8. The van der Waals surface area contributed by atoms with Crippen molar-refractivity contribution in [3.63, 3.8) is 0 Å². The van der Waals surface area contributed by atoms with Gasteiger partial charge in [0.25, 0.3) is 0 Å². The molecule has 0 unspecified atom stereocenters. The monoisotopic (exact) mass is 231 g/mol. The van der Waals surface area contributed by atoms with Gasteiger partial charge in [0.2, 0.25) is 0 Å². The molecule has 0 amide bonds. The van der Waals surface area contributed by atoms with Crippen molar-refractivity contribution in [2.24, 2.45) is 0 Å². The van der Waals surface area contributed by atoms with Crippen LogP contribution in [0, 0.1) is 0 Å². The van der Waals surface area contributed by atoms with E-state index in [1.54, 1.807) is 11.0 Å². The summed E-state index contributed by atoms with van der Waals surface area (Å²) in [5.74, 6) is 0.